The number of rotatable bonds is 39. The molecule has 9 nitrogen and oxygen atoms in total. The lowest BCUT2D eigenvalue weighted by molar-refractivity contribution is -0.154. The summed E-state index contributed by atoms with van der Waals surface area (Å²) in [5, 5.41) is 18.3. The summed E-state index contributed by atoms with van der Waals surface area (Å²) >= 11 is 0. The second kappa shape index (κ2) is 39.8. The zero-order valence-electron chi connectivity index (χ0n) is 33.5. The van der Waals surface area contributed by atoms with E-state index in [1.165, 1.54) is 51.4 Å². The van der Waals surface area contributed by atoms with E-state index in [1.807, 2.05) is 0 Å². The topological polar surface area (TPSA) is 132 Å². The summed E-state index contributed by atoms with van der Waals surface area (Å²) in [6.07, 6.45) is 44.6. The van der Waals surface area contributed by atoms with Gasteiger partial charge in [0.15, 0.2) is 0 Å². The molecule has 53 heavy (non-hydrogen) atoms. The first-order valence-electron chi connectivity index (χ1n) is 20.8. The van der Waals surface area contributed by atoms with Gasteiger partial charge in [-0.15, -0.1) is 0 Å². The molecule has 3 unspecified atom stereocenters. The van der Waals surface area contributed by atoms with Gasteiger partial charge in [-0.3, -0.25) is 13.8 Å². The molecule has 3 atom stereocenters. The third kappa shape index (κ3) is 39.7. The second-order valence-corrected chi connectivity index (χ2v) is 15.1. The fraction of sp³-hybridized carbons (Fsp3) is 0.744. The number of allylic oxidation sites excluding steroid dienone is 10. The summed E-state index contributed by atoms with van der Waals surface area (Å²) in [5.41, 5.74) is 0. The summed E-state index contributed by atoms with van der Waals surface area (Å²) in [5.74, 6) is -0.403. The minimum absolute atomic E-state index is 0.0402. The van der Waals surface area contributed by atoms with E-state index in [1.54, 1.807) is 0 Å². The molecule has 0 fully saturated rings. The number of phosphoric ester groups is 1. The van der Waals surface area contributed by atoms with Crippen LogP contribution in [-0.4, -0.2) is 66.3 Å². The molecular formula is C43H77O9P. The van der Waals surface area contributed by atoms with Crippen molar-refractivity contribution in [1.82, 2.24) is 0 Å². The molecule has 0 aliphatic rings. The van der Waals surface area contributed by atoms with Gasteiger partial charge >= 0.3 is 13.8 Å². The molecule has 0 bridgehead atoms. The van der Waals surface area contributed by atoms with Crippen LogP contribution >= 0.6 is 7.82 Å². The SMILES string of the molecule is CC/C=C\C/C=C\C/C=C\C/C=C\C/C=C\CCCCCCCC(=O)OC(COCCCCCCCCCCCCC)COP(=O)(O)OCC(O)CO. The van der Waals surface area contributed by atoms with Crippen molar-refractivity contribution in [2.24, 2.45) is 0 Å². The van der Waals surface area contributed by atoms with Crippen LogP contribution in [0.4, 0.5) is 0 Å². The first kappa shape index (κ1) is 51.2. The third-order valence-corrected chi connectivity index (χ3v) is 9.42. The fourth-order valence-corrected chi connectivity index (χ4v) is 6.11. The number of aliphatic hydroxyl groups excluding tert-OH is 2. The van der Waals surface area contributed by atoms with Crippen LogP contribution in [0.25, 0.3) is 0 Å². The Labute approximate surface area is 323 Å². The van der Waals surface area contributed by atoms with E-state index >= 15 is 0 Å². The van der Waals surface area contributed by atoms with Gasteiger partial charge in [0, 0.05) is 13.0 Å². The number of aliphatic hydroxyl groups is 2. The second-order valence-electron chi connectivity index (χ2n) is 13.6. The Hall–Kier alpha value is -1.84. The van der Waals surface area contributed by atoms with Gasteiger partial charge in [-0.25, -0.2) is 4.57 Å². The van der Waals surface area contributed by atoms with Crippen molar-refractivity contribution in [1.29, 1.82) is 0 Å². The highest BCUT2D eigenvalue weighted by atomic mass is 31.2. The van der Waals surface area contributed by atoms with Crippen LogP contribution in [0, 0.1) is 0 Å². The molecule has 0 aromatic rings. The molecule has 0 saturated heterocycles. The smallest absolute Gasteiger partial charge is 0.457 e. The van der Waals surface area contributed by atoms with Crippen molar-refractivity contribution < 1.29 is 43.0 Å². The summed E-state index contributed by atoms with van der Waals surface area (Å²) < 4.78 is 33.3. The first-order chi connectivity index (χ1) is 25.8. The van der Waals surface area contributed by atoms with Crippen LogP contribution in [0.1, 0.15) is 162 Å². The lowest BCUT2D eigenvalue weighted by Crippen LogP contribution is -2.29. The summed E-state index contributed by atoms with van der Waals surface area (Å²) in [7, 11) is -4.52. The first-order valence-corrected chi connectivity index (χ1v) is 22.3. The number of carbonyl (C=O) groups is 1. The predicted molar refractivity (Wildman–Crippen MR) is 219 cm³/mol. The van der Waals surface area contributed by atoms with E-state index in [0.717, 1.165) is 83.5 Å². The van der Waals surface area contributed by atoms with Crippen LogP contribution in [0.2, 0.25) is 0 Å². The molecule has 0 amide bonds. The van der Waals surface area contributed by atoms with Crippen molar-refractivity contribution in [3.8, 4) is 0 Å². The number of hydrogen-bond donors (Lipinski definition) is 3. The number of phosphoric acid groups is 1. The average molecular weight is 769 g/mol. The summed E-state index contributed by atoms with van der Waals surface area (Å²) in [6.45, 7) is 3.36. The minimum atomic E-state index is -4.52. The van der Waals surface area contributed by atoms with E-state index in [0.29, 0.717) is 13.0 Å². The fourth-order valence-electron chi connectivity index (χ4n) is 5.32. The van der Waals surface area contributed by atoms with Gasteiger partial charge in [0.2, 0.25) is 0 Å². The maximum absolute atomic E-state index is 12.6. The zero-order valence-corrected chi connectivity index (χ0v) is 34.4. The van der Waals surface area contributed by atoms with E-state index in [4.69, 9.17) is 23.6 Å². The number of ether oxygens (including phenoxy) is 2. The molecule has 0 aliphatic carbocycles. The summed E-state index contributed by atoms with van der Waals surface area (Å²) in [4.78, 5) is 22.5. The van der Waals surface area contributed by atoms with Gasteiger partial charge in [0.25, 0.3) is 0 Å². The molecule has 0 rings (SSSR count). The van der Waals surface area contributed by atoms with Crippen LogP contribution in [0.3, 0.4) is 0 Å². The number of unbranched alkanes of at least 4 members (excludes halogenated alkanes) is 15. The number of hydrogen-bond acceptors (Lipinski definition) is 8. The number of esters is 1. The van der Waals surface area contributed by atoms with Crippen molar-refractivity contribution in [2.45, 2.75) is 174 Å². The van der Waals surface area contributed by atoms with Crippen LogP contribution < -0.4 is 0 Å². The quantitative estimate of drug-likeness (QED) is 0.0242. The monoisotopic (exact) mass is 769 g/mol. The maximum Gasteiger partial charge on any atom is 0.472 e. The van der Waals surface area contributed by atoms with Gasteiger partial charge < -0.3 is 24.6 Å². The molecule has 3 N–H and O–H groups in total. The lowest BCUT2D eigenvalue weighted by Gasteiger charge is -2.20. The largest absolute Gasteiger partial charge is 0.472 e. The molecule has 308 valence electrons. The highest BCUT2D eigenvalue weighted by Gasteiger charge is 2.26. The molecule has 0 radical (unpaired) electrons. The Morgan fingerprint density at radius 3 is 1.62 bits per heavy atom. The lowest BCUT2D eigenvalue weighted by atomic mass is 10.1. The minimum Gasteiger partial charge on any atom is -0.457 e. The summed E-state index contributed by atoms with van der Waals surface area (Å²) in [6, 6.07) is 0. The standard InChI is InChI=1S/C43H77O9P/c1-3-5-7-9-11-13-15-16-17-18-19-20-21-22-23-24-25-27-29-31-33-35-43(46)52-42(40-51-53(47,48)50-38-41(45)37-44)39-49-36-34-32-30-28-26-14-12-10-8-6-4-2/h5,7,11,13,16-17,19-20,22-23,41-42,44-45H,3-4,6,8-10,12,14-15,18,21,24-40H2,1-2H3,(H,47,48)/b7-5-,13-11-,17-16-,20-19-,23-22-. The van der Waals surface area contributed by atoms with Crippen molar-refractivity contribution in [3.05, 3.63) is 60.8 Å². The molecule has 0 spiro atoms. The van der Waals surface area contributed by atoms with Crippen LogP contribution in [0.15, 0.2) is 60.8 Å². The Kier molecular flexibility index (Phi) is 38.5. The molecule has 0 aromatic carbocycles. The van der Waals surface area contributed by atoms with Crippen molar-refractivity contribution in [2.75, 3.05) is 33.0 Å². The highest BCUT2D eigenvalue weighted by molar-refractivity contribution is 7.47. The molecule has 0 saturated carbocycles. The molecule has 10 heteroatoms. The van der Waals surface area contributed by atoms with Gasteiger partial charge in [-0.05, 0) is 57.8 Å². The number of carbonyl (C=O) groups excluding carboxylic acids is 1. The van der Waals surface area contributed by atoms with Crippen LogP contribution in [-0.2, 0) is 27.9 Å². The van der Waals surface area contributed by atoms with Gasteiger partial charge in [0.1, 0.15) is 12.2 Å². The van der Waals surface area contributed by atoms with E-state index in [2.05, 4.69) is 74.6 Å². The van der Waals surface area contributed by atoms with Crippen molar-refractivity contribution in [3.63, 3.8) is 0 Å². The van der Waals surface area contributed by atoms with Crippen molar-refractivity contribution >= 4 is 13.8 Å². The normalized spacial score (nSPS) is 14.7. The Morgan fingerprint density at radius 2 is 1.08 bits per heavy atom. The van der Waals surface area contributed by atoms with E-state index < -0.39 is 39.2 Å². The molecular weight excluding hydrogens is 691 g/mol. The average Bonchev–Trinajstić information content (AvgIpc) is 3.15. The predicted octanol–water partition coefficient (Wildman–Crippen LogP) is 11.2. The maximum atomic E-state index is 12.6. The molecule has 0 heterocycles. The Balaban J connectivity index is 4.21. The molecule has 0 aromatic heterocycles. The third-order valence-electron chi connectivity index (χ3n) is 8.47. The van der Waals surface area contributed by atoms with E-state index in [-0.39, 0.29) is 19.6 Å². The Morgan fingerprint density at radius 1 is 0.604 bits per heavy atom. The zero-order chi connectivity index (χ0) is 38.9. The molecule has 0 aliphatic heterocycles. The van der Waals surface area contributed by atoms with Crippen LogP contribution in [0.5, 0.6) is 0 Å². The van der Waals surface area contributed by atoms with E-state index in [9.17, 15) is 19.4 Å². The van der Waals surface area contributed by atoms with Gasteiger partial charge in [-0.2, -0.15) is 0 Å². The highest BCUT2D eigenvalue weighted by Crippen LogP contribution is 2.43. The van der Waals surface area contributed by atoms with Gasteiger partial charge in [-0.1, -0.05) is 158 Å². The van der Waals surface area contributed by atoms with Gasteiger partial charge in [0.05, 0.1) is 26.4 Å². The Bertz CT molecular complexity index is 1010.